The van der Waals surface area contributed by atoms with E-state index in [2.05, 4.69) is 107 Å². The summed E-state index contributed by atoms with van der Waals surface area (Å²) in [6.45, 7) is 3.76. The van der Waals surface area contributed by atoms with Crippen LogP contribution in [-0.2, 0) is 6.42 Å². The van der Waals surface area contributed by atoms with E-state index in [1.54, 1.807) is 6.08 Å². The number of hydrogen-bond donors (Lipinski definition) is 0. The van der Waals surface area contributed by atoms with Crippen LogP contribution in [0.15, 0.2) is 104 Å². The molecule has 0 saturated heterocycles. The van der Waals surface area contributed by atoms with Crippen LogP contribution in [0.5, 0.6) is 0 Å². The van der Waals surface area contributed by atoms with Gasteiger partial charge in [0.25, 0.3) is 0 Å². The van der Waals surface area contributed by atoms with E-state index in [1.807, 2.05) is 12.2 Å². The minimum absolute atomic E-state index is 1.06. The Hall–Kier alpha value is -4.04. The topological polar surface area (TPSA) is 9.86 Å². The molecule has 0 fully saturated rings. The molecule has 2 aromatic heterocycles. The molecule has 0 spiro atoms. The summed E-state index contributed by atoms with van der Waals surface area (Å²) in [6.07, 6.45) is 16.8. The number of hydrogen-bond acceptors (Lipinski definition) is 0. The van der Waals surface area contributed by atoms with E-state index in [-0.39, 0.29) is 0 Å². The van der Waals surface area contributed by atoms with Gasteiger partial charge in [-0.3, -0.25) is 0 Å². The highest BCUT2D eigenvalue weighted by molar-refractivity contribution is 6.23. The van der Waals surface area contributed by atoms with Gasteiger partial charge in [0.1, 0.15) is 0 Å². The first-order valence-corrected chi connectivity index (χ1v) is 11.2. The third kappa shape index (κ3) is 2.73. The highest BCUT2D eigenvalue weighted by Crippen LogP contribution is 2.42. The minimum atomic E-state index is 1.06. The molecule has 5 aromatic rings. The van der Waals surface area contributed by atoms with Crippen LogP contribution in [0, 0.1) is 0 Å². The first-order valence-electron chi connectivity index (χ1n) is 11.2. The van der Waals surface area contributed by atoms with Gasteiger partial charge >= 0.3 is 0 Å². The SMILES string of the molecule is C=C/C=C\C=C/n1c2ccccc2c2c3c4c(n(-c5ccccc5)c3ccc21)CCC=C4. The van der Waals surface area contributed by atoms with Gasteiger partial charge in [-0.05, 0) is 49.2 Å². The monoisotopic (exact) mass is 412 g/mol. The van der Waals surface area contributed by atoms with Crippen molar-refractivity contribution in [1.29, 1.82) is 0 Å². The van der Waals surface area contributed by atoms with Gasteiger partial charge in [0.2, 0.25) is 0 Å². The molecule has 0 amide bonds. The summed E-state index contributed by atoms with van der Waals surface area (Å²) in [5.74, 6) is 0. The average Bonchev–Trinajstić information content (AvgIpc) is 3.35. The molecule has 0 bridgehead atoms. The van der Waals surface area contributed by atoms with Gasteiger partial charge in [0.05, 0.1) is 16.6 Å². The standard InChI is InChI=1S/C30H24N2/c1-2-3-4-12-21-31-25-17-10-8-15-23(25)29-27(31)19-20-28-30(29)24-16-9-11-18-26(24)32(28)22-13-6-5-7-14-22/h2-10,12-17,19-21H,1,11,18H2/b4-3-,21-12-. The molecule has 1 aliphatic carbocycles. The average molecular weight is 413 g/mol. The zero-order chi connectivity index (χ0) is 21.5. The summed E-state index contributed by atoms with van der Waals surface area (Å²) in [4.78, 5) is 0. The Morgan fingerprint density at radius 2 is 1.56 bits per heavy atom. The Kier molecular flexibility index (Phi) is 4.43. The first kappa shape index (κ1) is 18.7. The van der Waals surface area contributed by atoms with Crippen molar-refractivity contribution < 1.29 is 0 Å². The normalized spacial score (nSPS) is 13.8. The van der Waals surface area contributed by atoms with Gasteiger partial charge in [0.15, 0.2) is 0 Å². The van der Waals surface area contributed by atoms with Gasteiger partial charge in [-0.15, -0.1) is 0 Å². The number of para-hydroxylation sites is 2. The zero-order valence-electron chi connectivity index (χ0n) is 17.9. The quantitative estimate of drug-likeness (QED) is 0.265. The van der Waals surface area contributed by atoms with E-state index in [1.165, 1.54) is 49.7 Å². The molecule has 32 heavy (non-hydrogen) atoms. The van der Waals surface area contributed by atoms with Crippen molar-refractivity contribution in [3.63, 3.8) is 0 Å². The number of nitrogens with zero attached hydrogens (tertiary/aromatic N) is 2. The molecule has 2 nitrogen and oxygen atoms in total. The number of benzene rings is 3. The largest absolute Gasteiger partial charge is 0.316 e. The molecule has 0 saturated carbocycles. The second-order valence-electron chi connectivity index (χ2n) is 8.18. The van der Waals surface area contributed by atoms with Crippen LogP contribution in [0.4, 0.5) is 0 Å². The van der Waals surface area contributed by atoms with Gasteiger partial charge in [-0.1, -0.05) is 73.4 Å². The van der Waals surface area contributed by atoms with E-state index in [9.17, 15) is 0 Å². The smallest absolute Gasteiger partial charge is 0.0545 e. The predicted molar refractivity (Wildman–Crippen MR) is 138 cm³/mol. The van der Waals surface area contributed by atoms with Crippen LogP contribution in [0.3, 0.4) is 0 Å². The lowest BCUT2D eigenvalue weighted by molar-refractivity contribution is 0.888. The van der Waals surface area contributed by atoms with Crippen molar-refractivity contribution in [3.05, 3.63) is 115 Å². The fourth-order valence-electron chi connectivity index (χ4n) is 5.11. The Labute approximate surface area is 187 Å². The van der Waals surface area contributed by atoms with Crippen LogP contribution in [0.2, 0.25) is 0 Å². The van der Waals surface area contributed by atoms with E-state index in [0.29, 0.717) is 0 Å². The molecule has 2 heterocycles. The van der Waals surface area contributed by atoms with Crippen molar-refractivity contribution in [3.8, 4) is 5.69 Å². The van der Waals surface area contributed by atoms with Gasteiger partial charge in [0, 0.05) is 39.3 Å². The van der Waals surface area contributed by atoms with Gasteiger partial charge in [-0.25, -0.2) is 0 Å². The highest BCUT2D eigenvalue weighted by Gasteiger charge is 2.22. The summed E-state index contributed by atoms with van der Waals surface area (Å²) in [5, 5.41) is 3.97. The molecule has 0 radical (unpaired) electrons. The minimum Gasteiger partial charge on any atom is -0.316 e. The molecule has 3 aromatic carbocycles. The predicted octanol–water partition coefficient (Wildman–Crippen LogP) is 7.91. The van der Waals surface area contributed by atoms with Crippen LogP contribution in [0.25, 0.3) is 50.7 Å². The Bertz CT molecular complexity index is 1570. The lowest BCUT2D eigenvalue weighted by Crippen LogP contribution is -2.02. The molecule has 154 valence electrons. The third-order valence-corrected chi connectivity index (χ3v) is 6.39. The maximum absolute atomic E-state index is 3.76. The molecule has 6 rings (SSSR count). The number of aromatic nitrogens is 2. The van der Waals surface area contributed by atoms with E-state index in [4.69, 9.17) is 0 Å². The number of rotatable bonds is 4. The van der Waals surface area contributed by atoms with E-state index < -0.39 is 0 Å². The van der Waals surface area contributed by atoms with Crippen molar-refractivity contribution in [2.75, 3.05) is 0 Å². The van der Waals surface area contributed by atoms with Crippen LogP contribution in [-0.4, -0.2) is 9.13 Å². The maximum atomic E-state index is 3.76. The fraction of sp³-hybridized carbons (Fsp3) is 0.0667. The fourth-order valence-corrected chi connectivity index (χ4v) is 5.11. The molecule has 1 aliphatic rings. The van der Waals surface area contributed by atoms with E-state index >= 15 is 0 Å². The zero-order valence-corrected chi connectivity index (χ0v) is 17.9. The second kappa shape index (κ2) is 7.58. The summed E-state index contributed by atoms with van der Waals surface area (Å²) in [5.41, 5.74) is 7.72. The maximum Gasteiger partial charge on any atom is 0.0545 e. The number of allylic oxidation sites excluding steroid dienone is 5. The van der Waals surface area contributed by atoms with E-state index in [0.717, 1.165) is 12.8 Å². The van der Waals surface area contributed by atoms with Crippen molar-refractivity contribution in [2.24, 2.45) is 0 Å². The van der Waals surface area contributed by atoms with Crippen molar-refractivity contribution in [2.45, 2.75) is 12.8 Å². The Balaban J connectivity index is 1.76. The molecular weight excluding hydrogens is 388 g/mol. The highest BCUT2D eigenvalue weighted by atomic mass is 15.0. The van der Waals surface area contributed by atoms with Crippen LogP contribution >= 0.6 is 0 Å². The lowest BCUT2D eigenvalue weighted by atomic mass is 9.99. The van der Waals surface area contributed by atoms with Crippen molar-refractivity contribution >= 4 is 45.0 Å². The Morgan fingerprint density at radius 1 is 0.750 bits per heavy atom. The molecule has 0 N–H and O–H groups in total. The summed E-state index contributed by atoms with van der Waals surface area (Å²) < 4.78 is 4.76. The lowest BCUT2D eigenvalue weighted by Gasteiger charge is -2.13. The summed E-state index contributed by atoms with van der Waals surface area (Å²) >= 11 is 0. The number of fused-ring (bicyclic) bond motifs is 7. The molecule has 0 unspecified atom stereocenters. The third-order valence-electron chi connectivity index (χ3n) is 6.39. The molecular formula is C30H24N2. The summed E-state index contributed by atoms with van der Waals surface area (Å²) in [7, 11) is 0. The van der Waals surface area contributed by atoms with Crippen LogP contribution in [0.1, 0.15) is 17.7 Å². The van der Waals surface area contributed by atoms with Gasteiger partial charge < -0.3 is 9.13 Å². The molecule has 2 heteroatoms. The van der Waals surface area contributed by atoms with Crippen molar-refractivity contribution in [1.82, 2.24) is 9.13 Å². The molecule has 0 atom stereocenters. The second-order valence-corrected chi connectivity index (χ2v) is 8.18. The van der Waals surface area contributed by atoms with Gasteiger partial charge in [-0.2, -0.15) is 0 Å². The Morgan fingerprint density at radius 3 is 2.44 bits per heavy atom. The molecule has 0 aliphatic heterocycles. The summed E-state index contributed by atoms with van der Waals surface area (Å²) in [6, 6.07) is 24.0. The first-order chi connectivity index (χ1) is 15.9. The van der Waals surface area contributed by atoms with Crippen LogP contribution < -0.4 is 0 Å².